The van der Waals surface area contributed by atoms with E-state index < -0.39 is 0 Å². The van der Waals surface area contributed by atoms with E-state index in [-0.39, 0.29) is 0 Å². The lowest BCUT2D eigenvalue weighted by molar-refractivity contribution is 0.297. The molecule has 1 saturated carbocycles. The minimum absolute atomic E-state index is 0.736. The van der Waals surface area contributed by atoms with Gasteiger partial charge in [-0.1, -0.05) is 18.2 Å². The molecule has 0 amide bonds. The molecule has 0 aromatic heterocycles. The molecule has 0 bridgehead atoms. The van der Waals surface area contributed by atoms with E-state index in [1.807, 2.05) is 42.1 Å². The van der Waals surface area contributed by atoms with Gasteiger partial charge in [-0.2, -0.15) is 11.8 Å². The Morgan fingerprint density at radius 2 is 1.89 bits per heavy atom. The Balaban J connectivity index is 1.51. The SMILES string of the molecule is CSC1CCC(NCCCOc2ccccc2)CC1. The van der Waals surface area contributed by atoms with Crippen LogP contribution in [0.5, 0.6) is 5.75 Å². The van der Waals surface area contributed by atoms with Gasteiger partial charge in [-0.3, -0.25) is 0 Å². The Hall–Kier alpha value is -0.670. The molecular weight excluding hydrogens is 254 g/mol. The monoisotopic (exact) mass is 279 g/mol. The van der Waals surface area contributed by atoms with Gasteiger partial charge < -0.3 is 10.1 Å². The zero-order chi connectivity index (χ0) is 13.3. The minimum atomic E-state index is 0.736. The summed E-state index contributed by atoms with van der Waals surface area (Å²) >= 11 is 2.03. The highest BCUT2D eigenvalue weighted by molar-refractivity contribution is 7.99. The summed E-state index contributed by atoms with van der Waals surface area (Å²) in [6.45, 7) is 1.87. The molecule has 0 unspecified atom stereocenters. The first kappa shape index (κ1) is 14.7. The first-order valence-corrected chi connectivity index (χ1v) is 8.61. The van der Waals surface area contributed by atoms with Gasteiger partial charge in [-0.05, 0) is 57.0 Å². The average Bonchev–Trinajstić information content (AvgIpc) is 2.49. The van der Waals surface area contributed by atoms with Crippen molar-refractivity contribution in [2.75, 3.05) is 19.4 Å². The zero-order valence-electron chi connectivity index (χ0n) is 11.8. The van der Waals surface area contributed by atoms with Crippen molar-refractivity contribution in [2.45, 2.75) is 43.4 Å². The molecule has 0 saturated heterocycles. The van der Waals surface area contributed by atoms with Crippen LogP contribution in [0.3, 0.4) is 0 Å². The van der Waals surface area contributed by atoms with E-state index >= 15 is 0 Å². The molecule has 2 rings (SSSR count). The lowest BCUT2D eigenvalue weighted by atomic mass is 9.95. The van der Waals surface area contributed by atoms with E-state index in [0.29, 0.717) is 0 Å². The first-order chi connectivity index (χ1) is 9.38. The number of ether oxygens (including phenoxy) is 1. The van der Waals surface area contributed by atoms with E-state index in [1.165, 1.54) is 25.7 Å². The summed E-state index contributed by atoms with van der Waals surface area (Å²) in [5.74, 6) is 0.975. The largest absolute Gasteiger partial charge is 0.494 e. The second-order valence-electron chi connectivity index (χ2n) is 5.18. The predicted molar refractivity (Wildman–Crippen MR) is 84.1 cm³/mol. The number of rotatable bonds is 7. The molecule has 106 valence electrons. The molecule has 2 nitrogen and oxygen atoms in total. The van der Waals surface area contributed by atoms with Crippen LogP contribution in [0.1, 0.15) is 32.1 Å². The van der Waals surface area contributed by atoms with Crippen molar-refractivity contribution in [1.29, 1.82) is 0 Å². The van der Waals surface area contributed by atoms with Crippen molar-refractivity contribution in [3.8, 4) is 5.75 Å². The van der Waals surface area contributed by atoms with Crippen molar-refractivity contribution in [2.24, 2.45) is 0 Å². The van der Waals surface area contributed by atoms with Crippen LogP contribution in [-0.4, -0.2) is 30.7 Å². The second kappa shape index (κ2) is 8.49. The summed E-state index contributed by atoms with van der Waals surface area (Å²) in [4.78, 5) is 0. The fraction of sp³-hybridized carbons (Fsp3) is 0.625. The van der Waals surface area contributed by atoms with E-state index in [0.717, 1.165) is 36.6 Å². The van der Waals surface area contributed by atoms with Gasteiger partial charge in [-0.15, -0.1) is 0 Å². The lowest BCUT2D eigenvalue weighted by Crippen LogP contribution is -2.34. The van der Waals surface area contributed by atoms with Crippen molar-refractivity contribution in [3.63, 3.8) is 0 Å². The molecule has 0 heterocycles. The molecule has 3 heteroatoms. The third kappa shape index (κ3) is 5.45. The molecule has 1 aromatic rings. The molecule has 1 aliphatic rings. The quantitative estimate of drug-likeness (QED) is 0.769. The van der Waals surface area contributed by atoms with E-state index in [9.17, 15) is 0 Å². The maximum absolute atomic E-state index is 5.69. The first-order valence-electron chi connectivity index (χ1n) is 7.32. The summed E-state index contributed by atoms with van der Waals surface area (Å²) in [7, 11) is 0. The van der Waals surface area contributed by atoms with Gasteiger partial charge in [0.05, 0.1) is 6.61 Å². The van der Waals surface area contributed by atoms with Crippen LogP contribution in [0.15, 0.2) is 30.3 Å². The number of nitrogens with one attached hydrogen (secondary N) is 1. The van der Waals surface area contributed by atoms with Crippen molar-refractivity contribution in [3.05, 3.63) is 30.3 Å². The molecule has 1 fully saturated rings. The maximum Gasteiger partial charge on any atom is 0.119 e. The Bertz CT molecular complexity index is 336. The summed E-state index contributed by atoms with van der Waals surface area (Å²) in [5.41, 5.74) is 0. The smallest absolute Gasteiger partial charge is 0.119 e. The summed E-state index contributed by atoms with van der Waals surface area (Å²) in [6, 6.07) is 10.8. The second-order valence-corrected chi connectivity index (χ2v) is 6.32. The predicted octanol–water partition coefficient (Wildman–Crippen LogP) is 3.72. The molecule has 0 atom stereocenters. The summed E-state index contributed by atoms with van der Waals surface area (Å²) in [6.07, 6.45) is 8.74. The van der Waals surface area contributed by atoms with Crippen molar-refractivity contribution < 1.29 is 4.74 Å². The van der Waals surface area contributed by atoms with Crippen LogP contribution in [-0.2, 0) is 0 Å². The van der Waals surface area contributed by atoms with Gasteiger partial charge >= 0.3 is 0 Å². The van der Waals surface area contributed by atoms with Gasteiger partial charge in [0, 0.05) is 11.3 Å². The van der Waals surface area contributed by atoms with E-state index in [2.05, 4.69) is 11.6 Å². The number of para-hydroxylation sites is 1. The van der Waals surface area contributed by atoms with Crippen LogP contribution < -0.4 is 10.1 Å². The number of hydrogen-bond donors (Lipinski definition) is 1. The zero-order valence-corrected chi connectivity index (χ0v) is 12.6. The summed E-state index contributed by atoms with van der Waals surface area (Å²) < 4.78 is 5.69. The Labute approximate surface area is 121 Å². The Kier molecular flexibility index (Phi) is 6.58. The van der Waals surface area contributed by atoms with E-state index in [1.54, 1.807) is 0 Å². The molecule has 1 aliphatic carbocycles. The Morgan fingerprint density at radius 1 is 1.16 bits per heavy atom. The minimum Gasteiger partial charge on any atom is -0.494 e. The summed E-state index contributed by atoms with van der Waals surface area (Å²) in [5, 5.41) is 4.57. The van der Waals surface area contributed by atoms with Crippen LogP contribution in [0, 0.1) is 0 Å². The molecule has 0 radical (unpaired) electrons. The average molecular weight is 279 g/mol. The standard InChI is InChI=1S/C16H25NOS/c1-19-16-10-8-14(9-11-16)17-12-5-13-18-15-6-3-2-4-7-15/h2-4,6-7,14,16-17H,5,8-13H2,1H3. The van der Waals surface area contributed by atoms with Gasteiger partial charge in [0.1, 0.15) is 5.75 Å². The molecule has 1 N–H and O–H groups in total. The van der Waals surface area contributed by atoms with Crippen LogP contribution in [0.2, 0.25) is 0 Å². The lowest BCUT2D eigenvalue weighted by Gasteiger charge is -2.28. The van der Waals surface area contributed by atoms with Gasteiger partial charge in [0.15, 0.2) is 0 Å². The molecule has 0 spiro atoms. The van der Waals surface area contributed by atoms with Crippen LogP contribution in [0.4, 0.5) is 0 Å². The normalized spacial score (nSPS) is 23.2. The highest BCUT2D eigenvalue weighted by Gasteiger charge is 2.19. The topological polar surface area (TPSA) is 21.3 Å². The molecule has 1 aromatic carbocycles. The van der Waals surface area contributed by atoms with Gasteiger partial charge in [0.25, 0.3) is 0 Å². The van der Waals surface area contributed by atoms with Gasteiger partial charge in [0.2, 0.25) is 0 Å². The van der Waals surface area contributed by atoms with Crippen LogP contribution >= 0.6 is 11.8 Å². The van der Waals surface area contributed by atoms with E-state index in [4.69, 9.17) is 4.74 Å². The highest BCUT2D eigenvalue weighted by Crippen LogP contribution is 2.26. The number of thioether (sulfide) groups is 1. The van der Waals surface area contributed by atoms with Crippen LogP contribution in [0.25, 0.3) is 0 Å². The highest BCUT2D eigenvalue weighted by atomic mass is 32.2. The third-order valence-electron chi connectivity index (χ3n) is 3.77. The van der Waals surface area contributed by atoms with Gasteiger partial charge in [-0.25, -0.2) is 0 Å². The Morgan fingerprint density at radius 3 is 2.58 bits per heavy atom. The fourth-order valence-corrected chi connectivity index (χ4v) is 3.33. The molecular formula is C16H25NOS. The molecule has 0 aliphatic heterocycles. The maximum atomic E-state index is 5.69. The number of benzene rings is 1. The molecule has 19 heavy (non-hydrogen) atoms. The third-order valence-corrected chi connectivity index (χ3v) is 4.91. The van der Waals surface area contributed by atoms with Crippen molar-refractivity contribution in [1.82, 2.24) is 5.32 Å². The van der Waals surface area contributed by atoms with Crippen molar-refractivity contribution >= 4 is 11.8 Å². The number of hydrogen-bond acceptors (Lipinski definition) is 3. The fourth-order valence-electron chi connectivity index (χ4n) is 2.59.